The molecule has 0 spiro atoms. The Bertz CT molecular complexity index is 1150. The van der Waals surface area contributed by atoms with Crippen LogP contribution in [0.15, 0.2) is 65.3 Å². The third kappa shape index (κ3) is 4.56. The molecule has 7 heteroatoms. The van der Waals surface area contributed by atoms with Crippen LogP contribution in [0, 0.1) is 19.8 Å². The highest BCUT2D eigenvalue weighted by Gasteiger charge is 2.35. The summed E-state index contributed by atoms with van der Waals surface area (Å²) in [5.74, 6) is -0.551. The minimum absolute atomic E-state index is 0.0853. The molecule has 2 N–H and O–H groups in total. The van der Waals surface area contributed by atoms with E-state index in [1.54, 1.807) is 47.6 Å². The summed E-state index contributed by atoms with van der Waals surface area (Å²) < 4.78 is 5.23. The number of anilines is 2. The first-order valence-electron chi connectivity index (χ1n) is 10.5. The van der Waals surface area contributed by atoms with Gasteiger partial charge in [-0.2, -0.15) is 0 Å². The Balaban J connectivity index is 1.43. The van der Waals surface area contributed by atoms with Gasteiger partial charge >= 0.3 is 0 Å². The van der Waals surface area contributed by atoms with Crippen molar-refractivity contribution in [3.8, 4) is 0 Å². The van der Waals surface area contributed by atoms with Gasteiger partial charge in [-0.15, -0.1) is 0 Å². The first kappa shape index (κ1) is 21.4. The van der Waals surface area contributed by atoms with Crippen LogP contribution < -0.4 is 15.5 Å². The number of carbonyl (C=O) groups is 3. The number of nitrogens with one attached hydrogen (secondary N) is 2. The van der Waals surface area contributed by atoms with Crippen LogP contribution in [0.2, 0.25) is 0 Å². The molecule has 2 heterocycles. The van der Waals surface area contributed by atoms with Crippen molar-refractivity contribution in [2.24, 2.45) is 5.92 Å². The van der Waals surface area contributed by atoms with E-state index < -0.39 is 5.92 Å². The second kappa shape index (κ2) is 9.09. The number of rotatable bonds is 6. The van der Waals surface area contributed by atoms with Crippen molar-refractivity contribution in [3.05, 3.63) is 83.3 Å². The van der Waals surface area contributed by atoms with Crippen LogP contribution in [0.25, 0.3) is 0 Å². The predicted octanol–water partition coefficient (Wildman–Crippen LogP) is 3.82. The van der Waals surface area contributed by atoms with Gasteiger partial charge in [0.2, 0.25) is 11.8 Å². The third-order valence-corrected chi connectivity index (χ3v) is 5.73. The smallest absolute Gasteiger partial charge is 0.253 e. The van der Waals surface area contributed by atoms with Crippen LogP contribution in [-0.2, 0) is 16.1 Å². The van der Waals surface area contributed by atoms with Crippen LogP contribution in [0.1, 0.15) is 33.7 Å². The molecule has 1 aliphatic heterocycles. The molecule has 2 aromatic carbocycles. The first-order chi connectivity index (χ1) is 15.4. The predicted molar refractivity (Wildman–Crippen MR) is 121 cm³/mol. The molecule has 3 amide bonds. The third-order valence-electron chi connectivity index (χ3n) is 5.73. The highest BCUT2D eigenvalue weighted by Crippen LogP contribution is 2.28. The molecule has 1 fully saturated rings. The van der Waals surface area contributed by atoms with Gasteiger partial charge in [0.1, 0.15) is 5.76 Å². The summed E-state index contributed by atoms with van der Waals surface area (Å²) in [5, 5.41) is 5.62. The highest BCUT2D eigenvalue weighted by molar-refractivity contribution is 6.07. The fourth-order valence-electron chi connectivity index (χ4n) is 3.73. The Morgan fingerprint density at radius 1 is 1.06 bits per heavy atom. The van der Waals surface area contributed by atoms with E-state index in [-0.39, 0.29) is 30.7 Å². The van der Waals surface area contributed by atoms with E-state index in [0.29, 0.717) is 23.6 Å². The molecular formula is C25H25N3O4. The fourth-order valence-corrected chi connectivity index (χ4v) is 3.73. The minimum Gasteiger partial charge on any atom is -0.467 e. The molecule has 0 radical (unpaired) electrons. The average molecular weight is 431 g/mol. The quantitative estimate of drug-likeness (QED) is 0.621. The number of hydrogen-bond acceptors (Lipinski definition) is 4. The molecule has 0 aliphatic carbocycles. The maximum absolute atomic E-state index is 12.9. The van der Waals surface area contributed by atoms with E-state index in [1.807, 2.05) is 32.0 Å². The van der Waals surface area contributed by atoms with Gasteiger partial charge in [-0.1, -0.05) is 18.2 Å². The van der Waals surface area contributed by atoms with Crippen molar-refractivity contribution in [2.75, 3.05) is 16.8 Å². The summed E-state index contributed by atoms with van der Waals surface area (Å²) in [5.41, 5.74) is 3.80. The van der Waals surface area contributed by atoms with E-state index in [1.165, 1.54) is 0 Å². The monoisotopic (exact) mass is 431 g/mol. The molecule has 32 heavy (non-hydrogen) atoms. The molecule has 1 aliphatic rings. The van der Waals surface area contributed by atoms with Gasteiger partial charge < -0.3 is 20.0 Å². The number of carbonyl (C=O) groups excluding carboxylic acids is 3. The van der Waals surface area contributed by atoms with Crippen molar-refractivity contribution in [3.63, 3.8) is 0 Å². The van der Waals surface area contributed by atoms with E-state index in [4.69, 9.17) is 4.42 Å². The number of para-hydroxylation sites is 1. The van der Waals surface area contributed by atoms with Gasteiger partial charge in [0.15, 0.2) is 0 Å². The van der Waals surface area contributed by atoms with Crippen LogP contribution >= 0.6 is 0 Å². The van der Waals surface area contributed by atoms with Crippen molar-refractivity contribution in [1.82, 2.24) is 5.32 Å². The Hall–Kier alpha value is -3.87. The molecule has 1 saturated heterocycles. The number of nitrogens with zero attached hydrogens (tertiary/aromatic N) is 1. The fraction of sp³-hybridized carbons (Fsp3) is 0.240. The lowest BCUT2D eigenvalue weighted by Gasteiger charge is -2.18. The summed E-state index contributed by atoms with van der Waals surface area (Å²) in [4.78, 5) is 39.8. The lowest BCUT2D eigenvalue weighted by atomic mass is 10.1. The minimum atomic E-state index is -0.497. The number of benzene rings is 2. The first-order valence-corrected chi connectivity index (χ1v) is 10.5. The van der Waals surface area contributed by atoms with Crippen LogP contribution in [-0.4, -0.2) is 24.3 Å². The second-order valence-corrected chi connectivity index (χ2v) is 7.97. The SMILES string of the molecule is Cc1ccc(N2C[C@H](C(=O)Nc3ccccc3C(=O)NCc3ccco3)CC2=O)cc1C. The molecule has 0 saturated carbocycles. The number of amides is 3. The van der Waals surface area contributed by atoms with Gasteiger partial charge in [-0.3, -0.25) is 14.4 Å². The van der Waals surface area contributed by atoms with Gasteiger partial charge in [-0.25, -0.2) is 0 Å². The largest absolute Gasteiger partial charge is 0.467 e. The topological polar surface area (TPSA) is 91.7 Å². The van der Waals surface area contributed by atoms with Crippen LogP contribution in [0.5, 0.6) is 0 Å². The normalized spacial score (nSPS) is 15.6. The summed E-state index contributed by atoms with van der Waals surface area (Å²) >= 11 is 0. The van der Waals surface area contributed by atoms with E-state index in [9.17, 15) is 14.4 Å². The zero-order chi connectivity index (χ0) is 22.7. The van der Waals surface area contributed by atoms with Gasteiger partial charge in [0, 0.05) is 18.7 Å². The van der Waals surface area contributed by atoms with Crippen molar-refractivity contribution >= 4 is 29.1 Å². The average Bonchev–Trinajstić information content (AvgIpc) is 3.44. The number of hydrogen-bond donors (Lipinski definition) is 2. The zero-order valence-electron chi connectivity index (χ0n) is 18.1. The van der Waals surface area contributed by atoms with E-state index >= 15 is 0 Å². The van der Waals surface area contributed by atoms with Crippen LogP contribution in [0.4, 0.5) is 11.4 Å². The molecule has 0 unspecified atom stereocenters. The van der Waals surface area contributed by atoms with E-state index in [2.05, 4.69) is 10.6 Å². The molecule has 164 valence electrons. The van der Waals surface area contributed by atoms with Crippen molar-refractivity contribution in [2.45, 2.75) is 26.8 Å². The summed E-state index contributed by atoms with van der Waals surface area (Å²) in [6.45, 7) is 4.57. The number of furan rings is 1. The molecule has 1 aromatic heterocycles. The van der Waals surface area contributed by atoms with Crippen molar-refractivity contribution < 1.29 is 18.8 Å². The Morgan fingerprint density at radius 2 is 1.88 bits per heavy atom. The molecule has 0 bridgehead atoms. The Morgan fingerprint density at radius 3 is 2.62 bits per heavy atom. The molecule has 7 nitrogen and oxygen atoms in total. The molecule has 3 aromatic rings. The zero-order valence-corrected chi connectivity index (χ0v) is 18.1. The second-order valence-electron chi connectivity index (χ2n) is 7.97. The molecular weight excluding hydrogens is 406 g/mol. The number of aryl methyl sites for hydroxylation is 2. The maximum Gasteiger partial charge on any atom is 0.253 e. The molecule has 1 atom stereocenters. The lowest BCUT2D eigenvalue weighted by Crippen LogP contribution is -2.29. The summed E-state index contributed by atoms with van der Waals surface area (Å²) in [6.07, 6.45) is 1.67. The van der Waals surface area contributed by atoms with Crippen LogP contribution in [0.3, 0.4) is 0 Å². The Labute approximate surface area is 186 Å². The highest BCUT2D eigenvalue weighted by atomic mass is 16.3. The Kier molecular flexibility index (Phi) is 6.07. The van der Waals surface area contributed by atoms with Gasteiger partial charge in [0.05, 0.1) is 30.0 Å². The molecule has 4 rings (SSSR count). The standard InChI is InChI=1S/C25H25N3O4/c1-16-9-10-19(12-17(16)2)28-15-18(13-23(28)29)24(30)27-22-8-4-3-7-21(22)25(31)26-14-20-6-5-11-32-20/h3-12,18H,13-15H2,1-2H3,(H,26,31)(H,27,30)/t18-/m1/s1. The summed E-state index contributed by atoms with van der Waals surface area (Å²) in [6, 6.07) is 16.2. The van der Waals surface area contributed by atoms with E-state index in [0.717, 1.165) is 16.8 Å². The lowest BCUT2D eigenvalue weighted by molar-refractivity contribution is -0.122. The van der Waals surface area contributed by atoms with Gasteiger partial charge in [-0.05, 0) is 61.4 Å². The maximum atomic E-state index is 12.9. The van der Waals surface area contributed by atoms with Gasteiger partial charge in [0.25, 0.3) is 5.91 Å². The summed E-state index contributed by atoms with van der Waals surface area (Å²) in [7, 11) is 0. The van der Waals surface area contributed by atoms with Crippen molar-refractivity contribution in [1.29, 1.82) is 0 Å².